The Kier molecular flexibility index (Phi) is 8.39. The highest BCUT2D eigenvalue weighted by molar-refractivity contribution is 8.00. The number of hydrogen-bond acceptors (Lipinski definition) is 4. The summed E-state index contributed by atoms with van der Waals surface area (Å²) in [7, 11) is 0. The average Bonchev–Trinajstić information content (AvgIpc) is 3.64. The molecule has 0 aromatic heterocycles. The Balaban J connectivity index is 0.000000151. The van der Waals surface area contributed by atoms with Crippen molar-refractivity contribution in [2.75, 3.05) is 11.5 Å². The molecular formula is C26H40N2S2. The maximum atomic E-state index is 9.48. The molecule has 5 aliphatic rings. The fourth-order valence-electron chi connectivity index (χ4n) is 5.02. The van der Waals surface area contributed by atoms with Crippen LogP contribution in [-0.2, 0) is 0 Å². The summed E-state index contributed by atoms with van der Waals surface area (Å²) in [5, 5.41) is 20.0. The lowest BCUT2D eigenvalue weighted by Crippen LogP contribution is -2.28. The maximum Gasteiger partial charge on any atom is 0.0689 e. The van der Waals surface area contributed by atoms with Gasteiger partial charge >= 0.3 is 0 Å². The normalized spacial score (nSPS) is 36.1. The van der Waals surface area contributed by atoms with Gasteiger partial charge in [0.05, 0.1) is 17.6 Å². The van der Waals surface area contributed by atoms with Gasteiger partial charge in [-0.1, -0.05) is 12.8 Å². The second kappa shape index (κ2) is 11.0. The second-order valence-corrected chi connectivity index (χ2v) is 13.6. The fourth-order valence-corrected chi connectivity index (χ4v) is 7.95. The van der Waals surface area contributed by atoms with E-state index in [1.807, 2.05) is 0 Å². The fraction of sp³-hybridized carbons (Fsp3) is 0.923. The Morgan fingerprint density at radius 1 is 0.633 bits per heavy atom. The van der Waals surface area contributed by atoms with Crippen LogP contribution in [0.25, 0.3) is 0 Å². The molecule has 5 aliphatic carbocycles. The molecule has 0 spiro atoms. The van der Waals surface area contributed by atoms with Crippen LogP contribution in [0.4, 0.5) is 0 Å². The Hall–Kier alpha value is -0.320. The third-order valence-electron chi connectivity index (χ3n) is 7.89. The smallest absolute Gasteiger partial charge is 0.0689 e. The average molecular weight is 445 g/mol. The Morgan fingerprint density at radius 2 is 1.13 bits per heavy atom. The van der Waals surface area contributed by atoms with Crippen molar-refractivity contribution in [2.45, 2.75) is 107 Å². The van der Waals surface area contributed by atoms with E-state index in [0.717, 1.165) is 41.1 Å². The summed E-state index contributed by atoms with van der Waals surface area (Å²) in [6.07, 6.45) is 19.7. The van der Waals surface area contributed by atoms with Gasteiger partial charge in [0.25, 0.3) is 0 Å². The van der Waals surface area contributed by atoms with Gasteiger partial charge in [0.1, 0.15) is 0 Å². The van der Waals surface area contributed by atoms with Crippen molar-refractivity contribution >= 4 is 23.5 Å². The molecule has 0 heterocycles. The van der Waals surface area contributed by atoms with Crippen LogP contribution in [0.15, 0.2) is 0 Å². The van der Waals surface area contributed by atoms with E-state index in [1.165, 1.54) is 95.0 Å². The van der Waals surface area contributed by atoms with Gasteiger partial charge in [0.2, 0.25) is 0 Å². The van der Waals surface area contributed by atoms with Gasteiger partial charge in [-0.05, 0) is 113 Å². The van der Waals surface area contributed by atoms with E-state index in [4.69, 9.17) is 5.26 Å². The lowest BCUT2D eigenvalue weighted by molar-refractivity contribution is 0.241. The zero-order chi connectivity index (χ0) is 20.8. The molecule has 5 saturated carbocycles. The number of nitrogens with zero attached hydrogens (tertiary/aromatic N) is 2. The standard InChI is InChI=1S/C15H23NS.C11H17NS/c16-11-15(9-12-1-2-12)7-5-14(6-8-15)17-10-13-3-4-13;12-7-9-3-5-11(6-4-9)13-8-10-1-2-10/h12-14H,1-10H2;9-11H,1-6,8H2. The molecule has 166 valence electrons. The summed E-state index contributed by atoms with van der Waals surface area (Å²) >= 11 is 4.38. The molecule has 0 aromatic rings. The Bertz CT molecular complexity index is 608. The summed E-state index contributed by atoms with van der Waals surface area (Å²) in [6, 6.07) is 5.07. The van der Waals surface area contributed by atoms with Gasteiger partial charge < -0.3 is 0 Å². The van der Waals surface area contributed by atoms with Crippen molar-refractivity contribution in [3.05, 3.63) is 0 Å². The predicted octanol–water partition coefficient (Wildman–Crippen LogP) is 7.59. The van der Waals surface area contributed by atoms with E-state index in [2.05, 4.69) is 35.7 Å². The van der Waals surface area contributed by atoms with Crippen molar-refractivity contribution < 1.29 is 0 Å². The van der Waals surface area contributed by atoms with Crippen LogP contribution >= 0.6 is 23.5 Å². The Morgan fingerprint density at radius 3 is 1.57 bits per heavy atom. The second-order valence-electron chi connectivity index (χ2n) is 10.9. The number of rotatable bonds is 8. The summed E-state index contributed by atoms with van der Waals surface area (Å²) in [4.78, 5) is 0. The molecule has 5 fully saturated rings. The van der Waals surface area contributed by atoms with E-state index in [1.54, 1.807) is 0 Å². The lowest BCUT2D eigenvalue weighted by Gasteiger charge is -2.35. The first-order chi connectivity index (χ1) is 14.7. The van der Waals surface area contributed by atoms with Crippen molar-refractivity contribution in [3.63, 3.8) is 0 Å². The molecule has 0 unspecified atom stereocenters. The van der Waals surface area contributed by atoms with E-state index in [-0.39, 0.29) is 5.41 Å². The minimum Gasteiger partial charge on any atom is -0.198 e. The maximum absolute atomic E-state index is 9.48. The van der Waals surface area contributed by atoms with Crippen LogP contribution in [0.3, 0.4) is 0 Å². The molecule has 0 atom stereocenters. The first-order valence-corrected chi connectivity index (χ1v) is 14.8. The molecule has 2 nitrogen and oxygen atoms in total. The van der Waals surface area contributed by atoms with Crippen LogP contribution in [0.1, 0.15) is 96.3 Å². The predicted molar refractivity (Wildman–Crippen MR) is 129 cm³/mol. The van der Waals surface area contributed by atoms with Crippen molar-refractivity contribution in [2.24, 2.45) is 29.1 Å². The highest BCUT2D eigenvalue weighted by Crippen LogP contribution is 2.49. The molecule has 0 bridgehead atoms. The molecule has 0 saturated heterocycles. The highest BCUT2D eigenvalue weighted by atomic mass is 32.2. The summed E-state index contributed by atoms with van der Waals surface area (Å²) in [5.74, 6) is 6.17. The van der Waals surface area contributed by atoms with Crippen LogP contribution < -0.4 is 0 Å². The molecule has 0 aliphatic heterocycles. The number of nitriles is 2. The van der Waals surface area contributed by atoms with Crippen LogP contribution in [0.2, 0.25) is 0 Å². The van der Waals surface area contributed by atoms with Crippen LogP contribution in [0, 0.1) is 51.7 Å². The summed E-state index contributed by atoms with van der Waals surface area (Å²) < 4.78 is 0. The first-order valence-electron chi connectivity index (χ1n) is 12.7. The van der Waals surface area contributed by atoms with Gasteiger partial charge in [-0.25, -0.2) is 0 Å². The molecule has 30 heavy (non-hydrogen) atoms. The van der Waals surface area contributed by atoms with E-state index in [9.17, 15) is 5.26 Å². The first kappa shape index (κ1) is 22.9. The molecule has 4 heteroatoms. The molecule has 0 amide bonds. The monoisotopic (exact) mass is 444 g/mol. The third kappa shape index (κ3) is 7.67. The largest absolute Gasteiger partial charge is 0.198 e. The molecular weight excluding hydrogens is 404 g/mol. The van der Waals surface area contributed by atoms with E-state index < -0.39 is 0 Å². The number of thioether (sulfide) groups is 2. The lowest BCUT2D eigenvalue weighted by atomic mass is 9.72. The molecule has 0 radical (unpaired) electrons. The van der Waals surface area contributed by atoms with Crippen LogP contribution in [0.5, 0.6) is 0 Å². The quantitative estimate of drug-likeness (QED) is 0.387. The van der Waals surface area contributed by atoms with Gasteiger partial charge in [-0.2, -0.15) is 34.0 Å². The third-order valence-corrected chi connectivity index (χ3v) is 11.1. The summed E-state index contributed by atoms with van der Waals surface area (Å²) in [6.45, 7) is 0. The minimum atomic E-state index is 0.0812. The van der Waals surface area contributed by atoms with Gasteiger partial charge in [0.15, 0.2) is 0 Å². The SMILES string of the molecule is N#CC1(CC2CC2)CCC(SCC2CC2)CC1.N#CC1CCC(SCC2CC2)CC1. The van der Waals surface area contributed by atoms with Crippen molar-refractivity contribution in [1.82, 2.24) is 0 Å². The molecule has 0 N–H and O–H groups in total. The minimum absolute atomic E-state index is 0.0812. The van der Waals surface area contributed by atoms with E-state index >= 15 is 0 Å². The molecule has 0 aromatic carbocycles. The zero-order valence-electron chi connectivity index (χ0n) is 18.7. The van der Waals surface area contributed by atoms with E-state index in [0.29, 0.717) is 5.92 Å². The van der Waals surface area contributed by atoms with Gasteiger partial charge in [-0.15, -0.1) is 0 Å². The van der Waals surface area contributed by atoms with Gasteiger partial charge in [0, 0.05) is 16.4 Å². The zero-order valence-corrected chi connectivity index (χ0v) is 20.3. The highest BCUT2D eigenvalue weighted by Gasteiger charge is 2.40. The number of hydrogen-bond donors (Lipinski definition) is 0. The molecule has 5 rings (SSSR count). The Labute approximate surface area is 193 Å². The van der Waals surface area contributed by atoms with Crippen molar-refractivity contribution in [3.8, 4) is 12.1 Å². The van der Waals surface area contributed by atoms with Crippen molar-refractivity contribution in [1.29, 1.82) is 10.5 Å². The summed E-state index contributed by atoms with van der Waals surface area (Å²) in [5.41, 5.74) is 0.0812. The topological polar surface area (TPSA) is 47.6 Å². The van der Waals surface area contributed by atoms with Crippen LogP contribution in [-0.4, -0.2) is 22.0 Å². The van der Waals surface area contributed by atoms with Gasteiger partial charge in [-0.3, -0.25) is 0 Å².